The number of rotatable bonds is 5. The van der Waals surface area contributed by atoms with E-state index < -0.39 is 23.6 Å². The van der Waals surface area contributed by atoms with Gasteiger partial charge in [0.05, 0.1) is 21.3 Å². The predicted molar refractivity (Wildman–Crippen MR) is 128 cm³/mol. The zero-order valence-corrected chi connectivity index (χ0v) is 19.3. The molecule has 33 heavy (non-hydrogen) atoms. The number of anilines is 1. The van der Waals surface area contributed by atoms with Gasteiger partial charge in [0.15, 0.2) is 0 Å². The Morgan fingerprint density at radius 2 is 1.82 bits per heavy atom. The van der Waals surface area contributed by atoms with E-state index in [2.05, 4.69) is 5.32 Å². The number of aromatic nitrogens is 1. The number of para-hydroxylation sites is 2. The lowest BCUT2D eigenvalue weighted by Gasteiger charge is -2.13. The Balaban J connectivity index is 1.55. The quantitative estimate of drug-likeness (QED) is 0.482. The van der Waals surface area contributed by atoms with Crippen molar-refractivity contribution < 1.29 is 18.8 Å². The number of thioether (sulfide) groups is 1. The summed E-state index contributed by atoms with van der Waals surface area (Å²) >= 11 is 6.80. The summed E-state index contributed by atoms with van der Waals surface area (Å²) < 4.78 is 16.1. The average Bonchev–Trinajstić information content (AvgIpc) is 3.19. The first kappa shape index (κ1) is 22.8. The molecule has 168 valence electrons. The van der Waals surface area contributed by atoms with E-state index in [9.17, 15) is 18.8 Å². The van der Waals surface area contributed by atoms with Crippen LogP contribution in [0.5, 0.6) is 0 Å². The van der Waals surface area contributed by atoms with Crippen molar-refractivity contribution in [1.29, 1.82) is 0 Å². The molecule has 9 heteroatoms. The van der Waals surface area contributed by atoms with Crippen molar-refractivity contribution in [3.8, 4) is 5.69 Å². The smallest absolute Gasteiger partial charge is 0.294 e. The molecular formula is C24H19ClFN3O3S. The highest BCUT2D eigenvalue weighted by atomic mass is 35.5. The summed E-state index contributed by atoms with van der Waals surface area (Å²) in [6.07, 6.45) is 1.59. The van der Waals surface area contributed by atoms with E-state index in [0.29, 0.717) is 22.0 Å². The van der Waals surface area contributed by atoms with Crippen molar-refractivity contribution in [3.63, 3.8) is 0 Å². The number of halogens is 2. The van der Waals surface area contributed by atoms with Gasteiger partial charge in [0.25, 0.3) is 11.1 Å². The van der Waals surface area contributed by atoms with Crippen LogP contribution in [0.3, 0.4) is 0 Å². The third-order valence-corrected chi connectivity index (χ3v) is 6.41. The minimum Gasteiger partial charge on any atom is -0.323 e. The van der Waals surface area contributed by atoms with Crippen molar-refractivity contribution in [2.75, 3.05) is 11.9 Å². The SMILES string of the molecule is Cc1cc(/C=C2/SC(=O)N(CC(=O)Nc3ccccc3Cl)C2=O)c(C)n1-c1ccccc1F. The molecule has 0 bridgehead atoms. The van der Waals surface area contributed by atoms with Gasteiger partial charge in [-0.15, -0.1) is 0 Å². The van der Waals surface area contributed by atoms with Crippen LogP contribution in [0.15, 0.2) is 59.5 Å². The standard InChI is InChI=1S/C24H19ClFN3O3S/c1-14-11-16(15(2)29(14)20-10-6-4-8-18(20)26)12-21-23(31)28(24(32)33-21)13-22(30)27-19-9-5-3-7-17(19)25/h3-12H,13H2,1-2H3,(H,27,30)/b21-12+. The molecule has 1 aromatic heterocycles. The molecule has 1 aliphatic heterocycles. The fourth-order valence-electron chi connectivity index (χ4n) is 3.61. The van der Waals surface area contributed by atoms with Gasteiger partial charge in [0, 0.05) is 11.4 Å². The molecule has 0 saturated carbocycles. The van der Waals surface area contributed by atoms with Gasteiger partial charge < -0.3 is 9.88 Å². The maximum Gasteiger partial charge on any atom is 0.294 e. The van der Waals surface area contributed by atoms with E-state index in [1.807, 2.05) is 19.9 Å². The fourth-order valence-corrected chi connectivity index (χ4v) is 4.62. The van der Waals surface area contributed by atoms with Crippen molar-refractivity contribution in [2.24, 2.45) is 0 Å². The molecule has 1 aliphatic rings. The highest BCUT2D eigenvalue weighted by Gasteiger charge is 2.36. The maximum absolute atomic E-state index is 14.3. The van der Waals surface area contributed by atoms with E-state index >= 15 is 0 Å². The third kappa shape index (κ3) is 4.58. The third-order valence-electron chi connectivity index (χ3n) is 5.17. The maximum atomic E-state index is 14.3. The molecule has 2 aromatic carbocycles. The first-order valence-electron chi connectivity index (χ1n) is 10.00. The molecule has 6 nitrogen and oxygen atoms in total. The molecule has 0 spiro atoms. The second kappa shape index (κ2) is 9.25. The number of benzene rings is 2. The lowest BCUT2D eigenvalue weighted by molar-refractivity contribution is -0.127. The zero-order valence-electron chi connectivity index (χ0n) is 17.8. The molecule has 3 amide bonds. The molecule has 0 aliphatic carbocycles. The number of amides is 3. The highest BCUT2D eigenvalue weighted by molar-refractivity contribution is 8.18. The van der Waals surface area contributed by atoms with Crippen LogP contribution in [0.2, 0.25) is 5.02 Å². The second-order valence-electron chi connectivity index (χ2n) is 7.41. The predicted octanol–water partition coefficient (Wildman–Crippen LogP) is 5.56. The van der Waals surface area contributed by atoms with Gasteiger partial charge >= 0.3 is 0 Å². The van der Waals surface area contributed by atoms with Crippen LogP contribution in [0, 0.1) is 19.7 Å². The Labute approximate surface area is 199 Å². The molecular weight excluding hydrogens is 465 g/mol. The Morgan fingerprint density at radius 3 is 2.55 bits per heavy atom. The number of nitrogens with one attached hydrogen (secondary N) is 1. The van der Waals surface area contributed by atoms with Crippen molar-refractivity contribution >= 4 is 52.2 Å². The van der Waals surface area contributed by atoms with Crippen LogP contribution in [0.1, 0.15) is 17.0 Å². The monoisotopic (exact) mass is 483 g/mol. The Kier molecular flexibility index (Phi) is 6.40. The lowest BCUT2D eigenvalue weighted by atomic mass is 10.2. The molecule has 0 radical (unpaired) electrons. The van der Waals surface area contributed by atoms with Crippen LogP contribution < -0.4 is 5.32 Å². The largest absolute Gasteiger partial charge is 0.323 e. The van der Waals surface area contributed by atoms with Gasteiger partial charge in [-0.2, -0.15) is 0 Å². The molecule has 1 fully saturated rings. The summed E-state index contributed by atoms with van der Waals surface area (Å²) in [6.45, 7) is 3.22. The number of hydrogen-bond acceptors (Lipinski definition) is 4. The van der Waals surface area contributed by atoms with E-state index in [4.69, 9.17) is 11.6 Å². The summed E-state index contributed by atoms with van der Waals surface area (Å²) in [5.41, 5.74) is 2.98. The summed E-state index contributed by atoms with van der Waals surface area (Å²) in [7, 11) is 0. The van der Waals surface area contributed by atoms with Gasteiger partial charge in [-0.3, -0.25) is 19.3 Å². The van der Waals surface area contributed by atoms with E-state index in [1.165, 1.54) is 6.07 Å². The van der Waals surface area contributed by atoms with E-state index in [1.54, 1.807) is 53.1 Å². The van der Waals surface area contributed by atoms with Gasteiger partial charge in [0.2, 0.25) is 5.91 Å². The molecule has 3 aromatic rings. The van der Waals surface area contributed by atoms with Gasteiger partial charge in [0.1, 0.15) is 12.4 Å². The Bertz CT molecular complexity index is 1320. The molecule has 1 saturated heterocycles. The Morgan fingerprint density at radius 1 is 1.12 bits per heavy atom. The van der Waals surface area contributed by atoms with Gasteiger partial charge in [-0.05, 0) is 67.6 Å². The number of carbonyl (C=O) groups excluding carboxylic acids is 3. The minimum absolute atomic E-state index is 0.194. The summed E-state index contributed by atoms with van der Waals surface area (Å²) in [6, 6.07) is 14.9. The Hall–Kier alpha value is -3.36. The summed E-state index contributed by atoms with van der Waals surface area (Å²) in [5, 5.41) is 2.42. The van der Waals surface area contributed by atoms with Crippen molar-refractivity contribution in [2.45, 2.75) is 13.8 Å². The molecule has 4 rings (SSSR count). The first-order chi connectivity index (χ1) is 15.8. The van der Waals surface area contributed by atoms with Gasteiger partial charge in [-0.1, -0.05) is 35.9 Å². The summed E-state index contributed by atoms with van der Waals surface area (Å²) in [4.78, 5) is 38.7. The van der Waals surface area contributed by atoms with Crippen molar-refractivity contribution in [1.82, 2.24) is 9.47 Å². The number of carbonyl (C=O) groups is 3. The number of aryl methyl sites for hydroxylation is 1. The number of imide groups is 1. The van der Waals surface area contributed by atoms with Crippen LogP contribution in [0.4, 0.5) is 14.9 Å². The second-order valence-corrected chi connectivity index (χ2v) is 8.81. The van der Waals surface area contributed by atoms with Crippen LogP contribution in [-0.4, -0.2) is 33.1 Å². The minimum atomic E-state index is -0.560. The average molecular weight is 484 g/mol. The normalized spacial score (nSPS) is 14.9. The highest BCUT2D eigenvalue weighted by Crippen LogP contribution is 2.34. The molecule has 0 unspecified atom stereocenters. The lowest BCUT2D eigenvalue weighted by Crippen LogP contribution is -2.36. The van der Waals surface area contributed by atoms with Crippen molar-refractivity contribution in [3.05, 3.63) is 87.3 Å². The fraction of sp³-hybridized carbons (Fsp3) is 0.125. The summed E-state index contributed by atoms with van der Waals surface area (Å²) in [5.74, 6) is -1.46. The number of hydrogen-bond donors (Lipinski definition) is 1. The first-order valence-corrected chi connectivity index (χ1v) is 11.2. The molecule has 1 N–H and O–H groups in total. The van der Waals surface area contributed by atoms with Gasteiger partial charge in [-0.25, -0.2) is 4.39 Å². The zero-order chi connectivity index (χ0) is 23.7. The van der Waals surface area contributed by atoms with Crippen LogP contribution in [-0.2, 0) is 9.59 Å². The van der Waals surface area contributed by atoms with E-state index in [0.717, 1.165) is 28.0 Å². The molecule has 0 atom stereocenters. The van der Waals surface area contributed by atoms with Crippen LogP contribution in [0.25, 0.3) is 11.8 Å². The molecule has 2 heterocycles. The van der Waals surface area contributed by atoms with E-state index in [-0.39, 0.29) is 10.7 Å². The topological polar surface area (TPSA) is 71.4 Å². The number of nitrogens with zero attached hydrogens (tertiary/aromatic N) is 2. The van der Waals surface area contributed by atoms with Crippen LogP contribution >= 0.6 is 23.4 Å².